The van der Waals surface area contributed by atoms with Crippen LogP contribution in [0, 0.1) is 23.7 Å². The van der Waals surface area contributed by atoms with E-state index in [0.717, 1.165) is 11.3 Å². The Hall–Kier alpha value is -2.06. The molecule has 0 saturated carbocycles. The fourth-order valence-corrected chi connectivity index (χ4v) is 1.85. The van der Waals surface area contributed by atoms with Crippen LogP contribution in [0.1, 0.15) is 12.5 Å². The molecule has 0 aliphatic carbocycles. The average Bonchev–Trinajstić information content (AvgIpc) is 2.32. The van der Waals surface area contributed by atoms with Gasteiger partial charge < -0.3 is 14.8 Å². The summed E-state index contributed by atoms with van der Waals surface area (Å²) < 4.78 is 10.4. The van der Waals surface area contributed by atoms with Gasteiger partial charge in [0.05, 0.1) is 25.9 Å². The molecule has 1 aromatic carbocycles. The van der Waals surface area contributed by atoms with Crippen molar-refractivity contribution in [3.05, 3.63) is 23.8 Å². The summed E-state index contributed by atoms with van der Waals surface area (Å²) in [5.74, 6) is 0.479. The number of carbonyl (C=O) groups is 1. The third-order valence-electron chi connectivity index (χ3n) is 3.08. The summed E-state index contributed by atoms with van der Waals surface area (Å²) in [6, 6.07) is 7.42. The molecule has 100 valence electrons. The molecule has 1 aliphatic heterocycles. The lowest BCUT2D eigenvalue weighted by Crippen LogP contribution is -2.50. The van der Waals surface area contributed by atoms with Crippen molar-refractivity contribution >= 4 is 11.6 Å². The van der Waals surface area contributed by atoms with Crippen LogP contribution in [-0.2, 0) is 9.53 Å². The van der Waals surface area contributed by atoms with Crippen LogP contribution in [0.25, 0.3) is 0 Å². The molecule has 1 aliphatic rings. The zero-order valence-electron chi connectivity index (χ0n) is 11.0. The second-order valence-corrected chi connectivity index (χ2v) is 4.55. The third kappa shape index (κ3) is 2.54. The molecular weight excluding hydrogens is 244 g/mol. The van der Waals surface area contributed by atoms with Gasteiger partial charge in [0.15, 0.2) is 5.41 Å². The SMILES string of the molecule is CCOc1ccc(NC(=O)C2(C#N)COC2)cc1C. The van der Waals surface area contributed by atoms with E-state index in [9.17, 15) is 4.79 Å². The standard InChI is InChI=1S/C14H16N2O3/c1-3-19-12-5-4-11(6-10(12)2)16-13(17)14(7-15)8-18-9-14/h4-6H,3,8-9H2,1-2H3,(H,16,17). The first kappa shape index (κ1) is 13.4. The van der Waals surface area contributed by atoms with Crippen molar-refractivity contribution in [2.24, 2.45) is 5.41 Å². The van der Waals surface area contributed by atoms with Crippen LogP contribution in [-0.4, -0.2) is 25.7 Å². The molecule has 2 rings (SSSR count). The predicted molar refractivity (Wildman–Crippen MR) is 69.8 cm³/mol. The highest BCUT2D eigenvalue weighted by molar-refractivity contribution is 5.98. The minimum atomic E-state index is -1.04. The highest BCUT2D eigenvalue weighted by Crippen LogP contribution is 2.29. The van der Waals surface area contributed by atoms with E-state index in [4.69, 9.17) is 14.7 Å². The van der Waals surface area contributed by atoms with Crippen LogP contribution < -0.4 is 10.1 Å². The summed E-state index contributed by atoms with van der Waals surface area (Å²) in [4.78, 5) is 12.0. The Kier molecular flexibility index (Phi) is 3.72. The van der Waals surface area contributed by atoms with E-state index in [1.165, 1.54) is 0 Å². The van der Waals surface area contributed by atoms with E-state index < -0.39 is 5.41 Å². The van der Waals surface area contributed by atoms with Crippen LogP contribution in [0.5, 0.6) is 5.75 Å². The molecule has 1 saturated heterocycles. The Labute approximate surface area is 112 Å². The number of hydrogen-bond donors (Lipinski definition) is 1. The number of amides is 1. The Bertz CT molecular complexity index is 530. The van der Waals surface area contributed by atoms with E-state index in [0.29, 0.717) is 12.3 Å². The fraction of sp³-hybridized carbons (Fsp3) is 0.429. The van der Waals surface area contributed by atoms with Gasteiger partial charge in [0.25, 0.3) is 0 Å². The monoisotopic (exact) mass is 260 g/mol. The Morgan fingerprint density at radius 2 is 2.32 bits per heavy atom. The van der Waals surface area contributed by atoms with Crippen molar-refractivity contribution in [2.45, 2.75) is 13.8 Å². The number of benzene rings is 1. The number of rotatable bonds is 4. The van der Waals surface area contributed by atoms with Gasteiger partial charge in [-0.05, 0) is 37.6 Å². The molecule has 1 aromatic rings. The maximum atomic E-state index is 12.0. The largest absolute Gasteiger partial charge is 0.494 e. The number of carbonyl (C=O) groups excluding carboxylic acids is 1. The third-order valence-corrected chi connectivity index (χ3v) is 3.08. The van der Waals surface area contributed by atoms with Gasteiger partial charge in [-0.15, -0.1) is 0 Å². The maximum Gasteiger partial charge on any atom is 0.249 e. The van der Waals surface area contributed by atoms with Crippen LogP contribution in [0.2, 0.25) is 0 Å². The highest BCUT2D eigenvalue weighted by atomic mass is 16.5. The van der Waals surface area contributed by atoms with E-state index in [-0.39, 0.29) is 19.1 Å². The van der Waals surface area contributed by atoms with E-state index in [1.54, 1.807) is 6.07 Å². The Balaban J connectivity index is 2.10. The topological polar surface area (TPSA) is 71.3 Å². The Morgan fingerprint density at radius 3 is 2.79 bits per heavy atom. The smallest absolute Gasteiger partial charge is 0.249 e. The second-order valence-electron chi connectivity index (χ2n) is 4.55. The number of nitrogens with one attached hydrogen (secondary N) is 1. The number of ether oxygens (including phenoxy) is 2. The molecule has 0 atom stereocenters. The lowest BCUT2D eigenvalue weighted by Gasteiger charge is -2.33. The van der Waals surface area contributed by atoms with Gasteiger partial charge in [-0.25, -0.2) is 0 Å². The molecule has 5 nitrogen and oxygen atoms in total. The van der Waals surface area contributed by atoms with Gasteiger partial charge in [0, 0.05) is 5.69 Å². The molecule has 1 fully saturated rings. The molecule has 19 heavy (non-hydrogen) atoms. The number of nitrogens with zero attached hydrogens (tertiary/aromatic N) is 1. The Morgan fingerprint density at radius 1 is 1.58 bits per heavy atom. The highest BCUT2D eigenvalue weighted by Gasteiger charge is 2.46. The summed E-state index contributed by atoms with van der Waals surface area (Å²) in [5, 5.41) is 11.8. The molecule has 0 unspecified atom stereocenters. The van der Waals surface area contributed by atoms with Crippen LogP contribution in [0.4, 0.5) is 5.69 Å². The lowest BCUT2D eigenvalue weighted by atomic mass is 9.87. The summed E-state index contributed by atoms with van der Waals surface area (Å²) in [6.45, 7) is 4.74. The fourth-order valence-electron chi connectivity index (χ4n) is 1.85. The predicted octanol–water partition coefficient (Wildman–Crippen LogP) is 1.87. The van der Waals surface area contributed by atoms with Crippen molar-refractivity contribution in [1.82, 2.24) is 0 Å². The molecule has 0 radical (unpaired) electrons. The molecular formula is C14H16N2O3. The maximum absolute atomic E-state index is 12.0. The van der Waals surface area contributed by atoms with Crippen molar-refractivity contribution in [2.75, 3.05) is 25.1 Å². The van der Waals surface area contributed by atoms with Crippen molar-refractivity contribution in [3.63, 3.8) is 0 Å². The van der Waals surface area contributed by atoms with Gasteiger partial charge in [0.1, 0.15) is 5.75 Å². The molecule has 5 heteroatoms. The number of aryl methyl sites for hydroxylation is 1. The summed E-state index contributed by atoms with van der Waals surface area (Å²) >= 11 is 0. The van der Waals surface area contributed by atoms with Crippen LogP contribution in [0.3, 0.4) is 0 Å². The minimum Gasteiger partial charge on any atom is -0.494 e. The summed E-state index contributed by atoms with van der Waals surface area (Å²) in [7, 11) is 0. The molecule has 0 spiro atoms. The second kappa shape index (κ2) is 5.29. The minimum absolute atomic E-state index is 0.158. The first-order valence-corrected chi connectivity index (χ1v) is 6.15. The quantitative estimate of drug-likeness (QED) is 0.897. The zero-order valence-corrected chi connectivity index (χ0v) is 11.0. The van der Waals surface area contributed by atoms with E-state index >= 15 is 0 Å². The first-order valence-electron chi connectivity index (χ1n) is 6.15. The van der Waals surface area contributed by atoms with E-state index in [1.807, 2.05) is 32.0 Å². The molecule has 1 N–H and O–H groups in total. The van der Waals surface area contributed by atoms with Gasteiger partial charge in [-0.2, -0.15) is 5.26 Å². The number of anilines is 1. The van der Waals surface area contributed by atoms with Crippen molar-refractivity contribution in [1.29, 1.82) is 5.26 Å². The van der Waals surface area contributed by atoms with Crippen molar-refractivity contribution < 1.29 is 14.3 Å². The first-order chi connectivity index (χ1) is 9.11. The lowest BCUT2D eigenvalue weighted by molar-refractivity contribution is -0.144. The molecule has 0 aromatic heterocycles. The normalized spacial score (nSPS) is 16.1. The molecule has 0 bridgehead atoms. The summed E-state index contributed by atoms with van der Waals surface area (Å²) in [6.07, 6.45) is 0. The average molecular weight is 260 g/mol. The van der Waals surface area contributed by atoms with Gasteiger partial charge in [0.2, 0.25) is 5.91 Å². The van der Waals surface area contributed by atoms with Gasteiger partial charge in [-0.3, -0.25) is 4.79 Å². The van der Waals surface area contributed by atoms with Gasteiger partial charge in [-0.1, -0.05) is 0 Å². The molecule has 1 amide bonds. The summed E-state index contributed by atoms with van der Waals surface area (Å²) in [5.41, 5.74) is 0.565. The number of hydrogen-bond acceptors (Lipinski definition) is 4. The number of nitriles is 1. The zero-order chi connectivity index (χ0) is 13.9. The van der Waals surface area contributed by atoms with Crippen LogP contribution >= 0.6 is 0 Å². The van der Waals surface area contributed by atoms with E-state index in [2.05, 4.69) is 5.32 Å². The van der Waals surface area contributed by atoms with Gasteiger partial charge >= 0.3 is 0 Å². The van der Waals surface area contributed by atoms with Crippen LogP contribution in [0.15, 0.2) is 18.2 Å². The van der Waals surface area contributed by atoms with Crippen molar-refractivity contribution in [3.8, 4) is 11.8 Å². The molecule has 1 heterocycles.